The molecule has 6 N–H and O–H groups in total. The van der Waals surface area contributed by atoms with E-state index < -0.39 is 43.4 Å². The summed E-state index contributed by atoms with van der Waals surface area (Å²) in [6.45, 7) is 5.61. The van der Waals surface area contributed by atoms with Crippen LogP contribution in [-0.2, 0) is 9.47 Å². The van der Waals surface area contributed by atoms with Crippen LogP contribution in [0.1, 0.15) is 46.5 Å². The lowest BCUT2D eigenvalue weighted by Gasteiger charge is -2.46. The van der Waals surface area contributed by atoms with E-state index in [9.17, 15) is 30.6 Å². The molecule has 0 bridgehead atoms. The minimum Gasteiger partial charge on any atom is -0.394 e. The van der Waals surface area contributed by atoms with Crippen molar-refractivity contribution in [2.45, 2.75) is 89.4 Å². The Kier molecular flexibility index (Phi) is 8.04. The summed E-state index contributed by atoms with van der Waals surface area (Å²) in [5.41, 5.74) is -0.0276. The van der Waals surface area contributed by atoms with Crippen LogP contribution in [0.5, 0.6) is 0 Å². The molecule has 1 aliphatic heterocycles. The van der Waals surface area contributed by atoms with E-state index in [-0.39, 0.29) is 18.1 Å². The zero-order chi connectivity index (χ0) is 20.4. The summed E-state index contributed by atoms with van der Waals surface area (Å²) >= 11 is 0. The fourth-order valence-electron chi connectivity index (χ4n) is 4.82. The molecule has 8 heteroatoms. The topological polar surface area (TPSA) is 140 Å². The zero-order valence-electron chi connectivity index (χ0n) is 16.4. The second kappa shape index (κ2) is 9.45. The van der Waals surface area contributed by atoms with Crippen molar-refractivity contribution in [3.8, 4) is 0 Å². The lowest BCUT2D eigenvalue weighted by atomic mass is 9.61. The largest absolute Gasteiger partial charge is 0.394 e. The average molecular weight is 392 g/mol. The summed E-state index contributed by atoms with van der Waals surface area (Å²) in [6.07, 6.45) is -4.78. The maximum atomic E-state index is 10.1. The molecular weight excluding hydrogens is 356 g/mol. The third-order valence-corrected chi connectivity index (χ3v) is 6.27. The Balaban J connectivity index is 1.95. The number of hydrogen-bond donors (Lipinski definition) is 6. The van der Waals surface area contributed by atoms with Gasteiger partial charge in [-0.25, -0.2) is 0 Å². The first kappa shape index (κ1) is 23.0. The molecule has 1 saturated carbocycles. The molecule has 0 aromatic rings. The van der Waals surface area contributed by atoms with Gasteiger partial charge in [-0.15, -0.1) is 0 Å². The predicted molar refractivity (Wildman–Crippen MR) is 96.6 cm³/mol. The van der Waals surface area contributed by atoms with E-state index in [2.05, 4.69) is 20.8 Å². The van der Waals surface area contributed by atoms with Gasteiger partial charge in [0.25, 0.3) is 0 Å². The number of aliphatic hydroxyl groups excluding tert-OH is 6. The van der Waals surface area contributed by atoms with Gasteiger partial charge in [0.1, 0.15) is 24.4 Å². The van der Waals surface area contributed by atoms with Crippen molar-refractivity contribution in [3.05, 3.63) is 0 Å². The molecule has 8 nitrogen and oxygen atoms in total. The van der Waals surface area contributed by atoms with Gasteiger partial charge in [0, 0.05) is 0 Å². The lowest BCUT2D eigenvalue weighted by Crippen LogP contribution is -2.59. The summed E-state index contributed by atoms with van der Waals surface area (Å²) in [5, 5.41) is 58.7. The first-order valence-corrected chi connectivity index (χ1v) is 9.85. The molecule has 0 radical (unpaired) electrons. The molecule has 2 rings (SSSR count). The average Bonchev–Trinajstić information content (AvgIpc) is 2.59. The Morgan fingerprint density at radius 1 is 1.07 bits per heavy atom. The normalized spacial score (nSPS) is 43.4. The predicted octanol–water partition coefficient (Wildman–Crippen LogP) is -0.623. The molecule has 1 heterocycles. The van der Waals surface area contributed by atoms with Crippen LogP contribution in [0.15, 0.2) is 0 Å². The Morgan fingerprint density at radius 2 is 1.74 bits per heavy atom. The maximum absolute atomic E-state index is 10.1. The lowest BCUT2D eigenvalue weighted by molar-refractivity contribution is -0.313. The van der Waals surface area contributed by atoms with Crippen molar-refractivity contribution < 1.29 is 40.1 Å². The third kappa shape index (κ3) is 5.39. The van der Waals surface area contributed by atoms with Crippen molar-refractivity contribution in [2.75, 3.05) is 13.2 Å². The van der Waals surface area contributed by atoms with Crippen LogP contribution in [0.2, 0.25) is 0 Å². The summed E-state index contributed by atoms with van der Waals surface area (Å²) in [7, 11) is 0. The molecule has 1 saturated heterocycles. The number of aliphatic hydroxyl groups is 6. The highest BCUT2D eigenvalue weighted by atomic mass is 16.7. The van der Waals surface area contributed by atoms with Crippen molar-refractivity contribution in [2.24, 2.45) is 17.3 Å². The Bertz CT molecular complexity index is 457. The van der Waals surface area contributed by atoms with Gasteiger partial charge in [-0.1, -0.05) is 20.8 Å². The van der Waals surface area contributed by atoms with Gasteiger partial charge in [-0.2, -0.15) is 0 Å². The first-order valence-electron chi connectivity index (χ1n) is 9.85. The molecule has 0 spiro atoms. The maximum Gasteiger partial charge on any atom is 0.187 e. The van der Waals surface area contributed by atoms with Crippen molar-refractivity contribution in [3.63, 3.8) is 0 Å². The molecule has 0 aromatic heterocycles. The Labute approximate surface area is 160 Å². The molecule has 0 amide bonds. The monoisotopic (exact) mass is 392 g/mol. The second-order valence-electron chi connectivity index (χ2n) is 8.88. The molecule has 0 unspecified atom stereocenters. The summed E-state index contributed by atoms with van der Waals surface area (Å²) in [4.78, 5) is 0. The smallest absolute Gasteiger partial charge is 0.187 e. The van der Waals surface area contributed by atoms with Crippen LogP contribution in [0, 0.1) is 17.3 Å². The second-order valence-corrected chi connectivity index (χ2v) is 8.88. The molecule has 1 aliphatic carbocycles. The Hall–Kier alpha value is -0.320. The summed E-state index contributed by atoms with van der Waals surface area (Å²) in [5.74, 6) is 0.698. The molecule has 160 valence electrons. The van der Waals surface area contributed by atoms with Crippen molar-refractivity contribution >= 4 is 0 Å². The van der Waals surface area contributed by atoms with Crippen LogP contribution in [-0.4, -0.2) is 86.8 Å². The van der Waals surface area contributed by atoms with Crippen LogP contribution in [0.25, 0.3) is 0 Å². The van der Waals surface area contributed by atoms with Crippen LogP contribution in [0.4, 0.5) is 0 Å². The molecule has 9 atom stereocenters. The van der Waals surface area contributed by atoms with Crippen LogP contribution < -0.4 is 0 Å². The van der Waals surface area contributed by atoms with E-state index >= 15 is 0 Å². The fourth-order valence-corrected chi connectivity index (χ4v) is 4.82. The SMILES string of the molecule is C[C@@H]1C[C@H](O)CC(C)(C)[C@H]1CC[C@@H](CO)O[C@@H]1O[C@H](CO)[C@H](O)[C@H](O)[C@H]1O. The quantitative estimate of drug-likeness (QED) is 0.337. The van der Waals surface area contributed by atoms with E-state index in [1.165, 1.54) is 0 Å². The van der Waals surface area contributed by atoms with E-state index in [4.69, 9.17) is 9.47 Å². The first-order chi connectivity index (χ1) is 12.6. The highest BCUT2D eigenvalue weighted by Gasteiger charge is 2.45. The number of hydrogen-bond acceptors (Lipinski definition) is 8. The summed E-state index contributed by atoms with van der Waals surface area (Å²) < 4.78 is 11.0. The number of ether oxygens (including phenoxy) is 2. The van der Waals surface area contributed by atoms with E-state index in [1.54, 1.807) is 0 Å². The molecule has 27 heavy (non-hydrogen) atoms. The zero-order valence-corrected chi connectivity index (χ0v) is 16.4. The van der Waals surface area contributed by atoms with Crippen molar-refractivity contribution in [1.82, 2.24) is 0 Å². The highest BCUT2D eigenvalue weighted by molar-refractivity contribution is 4.91. The van der Waals surface area contributed by atoms with Crippen molar-refractivity contribution in [1.29, 1.82) is 0 Å². The minimum atomic E-state index is -1.50. The van der Waals surface area contributed by atoms with Crippen LogP contribution in [0.3, 0.4) is 0 Å². The van der Waals surface area contributed by atoms with Gasteiger partial charge < -0.3 is 40.1 Å². The molecule has 0 aromatic carbocycles. The van der Waals surface area contributed by atoms with Gasteiger partial charge in [-0.05, 0) is 42.9 Å². The van der Waals surface area contributed by atoms with Crippen LogP contribution >= 0.6 is 0 Å². The molecular formula is C19H36O8. The van der Waals surface area contributed by atoms with Gasteiger partial charge in [-0.3, -0.25) is 0 Å². The minimum absolute atomic E-state index is 0.0276. The molecule has 2 fully saturated rings. The van der Waals surface area contributed by atoms with E-state index in [1.807, 2.05) is 0 Å². The number of rotatable bonds is 7. The highest BCUT2D eigenvalue weighted by Crippen LogP contribution is 2.46. The fraction of sp³-hybridized carbons (Fsp3) is 1.00. The standard InChI is InChI=1S/C19H36O8/c1-10-6-11(22)7-19(2,3)13(10)5-4-12(8-20)26-18-17(25)16(24)15(23)14(9-21)27-18/h10-18,20-25H,4-9H2,1-3H3/t10-,11+,12+,13+,14-,15+,16+,17-,18-/m1/s1. The van der Waals surface area contributed by atoms with E-state index in [0.29, 0.717) is 18.3 Å². The van der Waals surface area contributed by atoms with E-state index in [0.717, 1.165) is 19.3 Å². The summed E-state index contributed by atoms with van der Waals surface area (Å²) in [6, 6.07) is 0. The van der Waals surface area contributed by atoms with Gasteiger partial charge in [0.15, 0.2) is 6.29 Å². The third-order valence-electron chi connectivity index (χ3n) is 6.27. The van der Waals surface area contributed by atoms with Gasteiger partial charge in [0.2, 0.25) is 0 Å². The van der Waals surface area contributed by atoms with Gasteiger partial charge >= 0.3 is 0 Å². The Morgan fingerprint density at radius 3 is 2.30 bits per heavy atom. The van der Waals surface area contributed by atoms with Gasteiger partial charge in [0.05, 0.1) is 25.4 Å². The molecule has 2 aliphatic rings.